The first-order valence-electron chi connectivity index (χ1n) is 6.79. The molecule has 0 unspecified atom stereocenters. The van der Waals surface area contributed by atoms with Crippen LogP contribution in [0.3, 0.4) is 0 Å². The number of aryl methyl sites for hydroxylation is 1. The quantitative estimate of drug-likeness (QED) is 0.893. The highest BCUT2D eigenvalue weighted by Gasteiger charge is 2.35. The minimum atomic E-state index is -2.54. The van der Waals surface area contributed by atoms with Gasteiger partial charge in [-0.05, 0) is 25.2 Å². The molecule has 1 heterocycles. The average Bonchev–Trinajstić information content (AvgIpc) is 2.77. The summed E-state index contributed by atoms with van der Waals surface area (Å²) in [6.45, 7) is 0. The van der Waals surface area contributed by atoms with Crippen molar-refractivity contribution in [3.05, 3.63) is 12.4 Å². The molecular weight excluding hydrogens is 302 g/mol. The predicted molar refractivity (Wildman–Crippen MR) is 78.6 cm³/mol. The van der Waals surface area contributed by atoms with Gasteiger partial charge in [-0.1, -0.05) is 0 Å². The van der Waals surface area contributed by atoms with Crippen LogP contribution in [0.4, 0.5) is 14.5 Å². The van der Waals surface area contributed by atoms with E-state index in [9.17, 15) is 13.6 Å². The molecule has 0 bridgehead atoms. The molecule has 0 radical (unpaired) electrons. The normalized spacial score (nSPS) is 19.6. The lowest BCUT2D eigenvalue weighted by atomic mass is 9.83. The van der Waals surface area contributed by atoms with Crippen LogP contribution in [0, 0.1) is 5.92 Å². The highest BCUT2D eigenvalue weighted by atomic mass is 35.5. The minimum Gasteiger partial charge on any atom is -0.322 e. The lowest BCUT2D eigenvalue weighted by molar-refractivity contribution is -0.118. The molecule has 0 saturated heterocycles. The largest absolute Gasteiger partial charge is 0.322 e. The molecule has 1 amide bonds. The highest BCUT2D eigenvalue weighted by Crippen LogP contribution is 2.37. The Morgan fingerprint density at radius 2 is 2.19 bits per heavy atom. The molecule has 1 aromatic heterocycles. The van der Waals surface area contributed by atoms with Crippen molar-refractivity contribution in [3.63, 3.8) is 0 Å². The predicted octanol–water partition coefficient (Wildman–Crippen LogP) is 2.32. The summed E-state index contributed by atoms with van der Waals surface area (Å²) in [5.41, 5.74) is 6.43. The zero-order valence-electron chi connectivity index (χ0n) is 11.9. The first-order valence-corrected chi connectivity index (χ1v) is 6.79. The smallest absolute Gasteiger partial charge is 0.248 e. The first-order chi connectivity index (χ1) is 9.35. The lowest BCUT2D eigenvalue weighted by Gasteiger charge is -2.29. The third-order valence-electron chi connectivity index (χ3n) is 3.73. The zero-order chi connectivity index (χ0) is 14.8. The van der Waals surface area contributed by atoms with Gasteiger partial charge in [-0.3, -0.25) is 9.48 Å². The lowest BCUT2D eigenvalue weighted by Crippen LogP contribution is -2.38. The molecule has 3 N–H and O–H groups in total. The Bertz CT molecular complexity index is 470. The van der Waals surface area contributed by atoms with Gasteiger partial charge in [0, 0.05) is 26.1 Å². The number of carbonyl (C=O) groups is 1. The van der Waals surface area contributed by atoms with Crippen molar-refractivity contribution in [3.8, 4) is 0 Å². The number of rotatable bonds is 4. The van der Waals surface area contributed by atoms with Gasteiger partial charge in [-0.2, -0.15) is 5.10 Å². The van der Waals surface area contributed by atoms with E-state index in [-0.39, 0.29) is 37.1 Å². The molecule has 1 aliphatic carbocycles. The molecule has 1 saturated carbocycles. The highest BCUT2D eigenvalue weighted by molar-refractivity contribution is 5.94. The molecule has 0 spiro atoms. The summed E-state index contributed by atoms with van der Waals surface area (Å²) in [4.78, 5) is 11.9. The second-order valence-corrected chi connectivity index (χ2v) is 5.53. The number of hydrogen-bond donors (Lipinski definition) is 2. The Kier molecular flexibility index (Phi) is 6.10. The van der Waals surface area contributed by atoms with Gasteiger partial charge in [0.05, 0.1) is 17.9 Å². The van der Waals surface area contributed by atoms with Crippen LogP contribution in [0.5, 0.6) is 0 Å². The fourth-order valence-electron chi connectivity index (χ4n) is 2.52. The molecular formula is C13H21ClF2N4O. The van der Waals surface area contributed by atoms with Crippen LogP contribution >= 0.6 is 12.4 Å². The summed E-state index contributed by atoms with van der Waals surface area (Å²) in [6.07, 6.45) is 4.31. The second-order valence-electron chi connectivity index (χ2n) is 5.53. The number of nitrogens with one attached hydrogen (secondary N) is 1. The monoisotopic (exact) mass is 322 g/mol. The minimum absolute atomic E-state index is 0. The van der Waals surface area contributed by atoms with Gasteiger partial charge in [-0.25, -0.2) is 8.78 Å². The first kappa shape index (κ1) is 17.8. The fraction of sp³-hybridized carbons (Fsp3) is 0.692. The van der Waals surface area contributed by atoms with Gasteiger partial charge in [0.15, 0.2) is 0 Å². The van der Waals surface area contributed by atoms with Crippen LogP contribution in [0.2, 0.25) is 0 Å². The van der Waals surface area contributed by atoms with E-state index in [2.05, 4.69) is 10.4 Å². The van der Waals surface area contributed by atoms with Crippen molar-refractivity contribution >= 4 is 24.0 Å². The number of nitrogens with two attached hydrogens (primary N) is 1. The number of amides is 1. The SMILES string of the molecule is Cl.Cn1cc(NC(=O)[C@@H](N)CC2CCC(F)(F)CC2)cn1. The number of nitrogens with zero attached hydrogens (tertiary/aromatic N) is 2. The Labute approximate surface area is 128 Å². The van der Waals surface area contributed by atoms with E-state index in [4.69, 9.17) is 5.73 Å². The maximum absolute atomic E-state index is 13.0. The van der Waals surface area contributed by atoms with Crippen molar-refractivity contribution in [2.24, 2.45) is 18.7 Å². The Hall–Kier alpha value is -1.21. The summed E-state index contributed by atoms with van der Waals surface area (Å²) >= 11 is 0. The maximum atomic E-state index is 13.0. The Morgan fingerprint density at radius 3 is 2.71 bits per heavy atom. The summed E-state index contributed by atoms with van der Waals surface area (Å²) in [7, 11) is 1.75. The van der Waals surface area contributed by atoms with E-state index < -0.39 is 12.0 Å². The second kappa shape index (κ2) is 7.17. The van der Waals surface area contributed by atoms with Gasteiger partial charge >= 0.3 is 0 Å². The molecule has 2 rings (SSSR count). The number of hydrogen-bond acceptors (Lipinski definition) is 3. The molecule has 8 heteroatoms. The number of aromatic nitrogens is 2. The maximum Gasteiger partial charge on any atom is 0.248 e. The topological polar surface area (TPSA) is 72.9 Å². The number of anilines is 1. The van der Waals surface area contributed by atoms with Crippen LogP contribution in [0.1, 0.15) is 32.1 Å². The molecule has 1 atom stereocenters. The summed E-state index contributed by atoms with van der Waals surface area (Å²) in [5.74, 6) is -2.74. The van der Waals surface area contributed by atoms with Gasteiger partial charge in [0.2, 0.25) is 11.8 Å². The Morgan fingerprint density at radius 1 is 1.57 bits per heavy atom. The fourth-order valence-corrected chi connectivity index (χ4v) is 2.52. The van der Waals surface area contributed by atoms with E-state index in [1.54, 1.807) is 17.9 Å². The molecule has 1 aromatic rings. The number of carbonyl (C=O) groups excluding carboxylic acids is 1. The third kappa shape index (κ3) is 5.24. The van der Waals surface area contributed by atoms with E-state index in [1.165, 1.54) is 6.20 Å². The van der Waals surface area contributed by atoms with Gasteiger partial charge in [-0.15, -0.1) is 12.4 Å². The summed E-state index contributed by atoms with van der Waals surface area (Å²) in [6, 6.07) is -0.674. The molecule has 1 fully saturated rings. The van der Waals surface area contributed by atoms with E-state index >= 15 is 0 Å². The molecule has 120 valence electrons. The van der Waals surface area contributed by atoms with Gasteiger partial charge < -0.3 is 11.1 Å². The van der Waals surface area contributed by atoms with E-state index in [0.29, 0.717) is 24.9 Å². The van der Waals surface area contributed by atoms with Crippen LogP contribution < -0.4 is 11.1 Å². The molecule has 0 aliphatic heterocycles. The summed E-state index contributed by atoms with van der Waals surface area (Å²) in [5, 5.41) is 6.61. The standard InChI is InChI=1S/C13H20F2N4O.ClH/c1-19-8-10(7-17-19)18-12(20)11(16)6-9-2-4-13(14,15)5-3-9;/h7-9,11H,2-6,16H2,1H3,(H,18,20);1H/t11-;/m0./s1. The van der Waals surface area contributed by atoms with Crippen LogP contribution in [0.15, 0.2) is 12.4 Å². The van der Waals surface area contributed by atoms with Crippen molar-refractivity contribution < 1.29 is 13.6 Å². The van der Waals surface area contributed by atoms with Crippen LogP contribution in [-0.4, -0.2) is 27.7 Å². The molecule has 0 aromatic carbocycles. The molecule has 21 heavy (non-hydrogen) atoms. The average molecular weight is 323 g/mol. The van der Waals surface area contributed by atoms with E-state index in [0.717, 1.165) is 0 Å². The van der Waals surface area contributed by atoms with Crippen molar-refractivity contribution in [2.45, 2.75) is 44.1 Å². The van der Waals surface area contributed by atoms with Crippen LogP contribution in [0.25, 0.3) is 0 Å². The van der Waals surface area contributed by atoms with E-state index in [1.807, 2.05) is 0 Å². The van der Waals surface area contributed by atoms with Gasteiger partial charge in [0.25, 0.3) is 0 Å². The van der Waals surface area contributed by atoms with Crippen molar-refractivity contribution in [2.75, 3.05) is 5.32 Å². The van der Waals surface area contributed by atoms with Crippen molar-refractivity contribution in [1.82, 2.24) is 9.78 Å². The van der Waals surface area contributed by atoms with Crippen molar-refractivity contribution in [1.29, 1.82) is 0 Å². The zero-order valence-corrected chi connectivity index (χ0v) is 12.7. The van der Waals surface area contributed by atoms with Crippen LogP contribution in [-0.2, 0) is 11.8 Å². The number of halogens is 3. The Balaban J connectivity index is 0.00000220. The third-order valence-corrected chi connectivity index (χ3v) is 3.73. The number of alkyl halides is 2. The van der Waals surface area contributed by atoms with Gasteiger partial charge in [0.1, 0.15) is 0 Å². The molecule has 5 nitrogen and oxygen atoms in total. The summed E-state index contributed by atoms with van der Waals surface area (Å²) < 4.78 is 27.7. The molecule has 1 aliphatic rings.